The summed E-state index contributed by atoms with van der Waals surface area (Å²) in [4.78, 5) is 14.9. The summed E-state index contributed by atoms with van der Waals surface area (Å²) in [6.07, 6.45) is 1.84. The van der Waals surface area contributed by atoms with Gasteiger partial charge in [0.05, 0.1) is 0 Å². The lowest BCUT2D eigenvalue weighted by Crippen LogP contribution is -2.19. The molecule has 0 radical (unpaired) electrons. The first-order valence-corrected chi connectivity index (χ1v) is 6.11. The van der Waals surface area contributed by atoms with Gasteiger partial charge in [-0.1, -0.05) is 6.07 Å². The van der Waals surface area contributed by atoms with Gasteiger partial charge in [-0.15, -0.1) is 0 Å². The molecule has 0 saturated carbocycles. The zero-order valence-corrected chi connectivity index (χ0v) is 10.5. The number of hydrogen-bond acceptors (Lipinski definition) is 1. The summed E-state index contributed by atoms with van der Waals surface area (Å²) in [7, 11) is 0. The van der Waals surface area contributed by atoms with Crippen LogP contribution in [0, 0.1) is 5.82 Å². The highest BCUT2D eigenvalue weighted by atomic mass is 19.1. The van der Waals surface area contributed by atoms with Gasteiger partial charge in [0.1, 0.15) is 5.82 Å². The number of anilines is 2. The molecule has 5 heteroatoms. The van der Waals surface area contributed by atoms with Gasteiger partial charge in [0, 0.05) is 23.1 Å². The molecule has 4 nitrogen and oxygen atoms in total. The average Bonchev–Trinajstić information content (AvgIpc) is 2.89. The molecule has 0 unspecified atom stereocenters. The molecular weight excluding hydrogens is 257 g/mol. The lowest BCUT2D eigenvalue weighted by molar-refractivity contribution is 0.262. The monoisotopic (exact) mass is 269 g/mol. The Bertz CT molecular complexity index is 749. The number of nitrogens with one attached hydrogen (secondary N) is 3. The second kappa shape index (κ2) is 5.05. The van der Waals surface area contributed by atoms with Gasteiger partial charge in [0.15, 0.2) is 0 Å². The number of halogens is 1. The average molecular weight is 269 g/mol. The number of amides is 2. The van der Waals surface area contributed by atoms with E-state index in [-0.39, 0.29) is 11.8 Å². The number of urea groups is 1. The molecule has 100 valence electrons. The van der Waals surface area contributed by atoms with Crippen LogP contribution in [0.4, 0.5) is 20.6 Å². The van der Waals surface area contributed by atoms with E-state index in [1.807, 2.05) is 30.5 Å². The van der Waals surface area contributed by atoms with E-state index in [0.717, 1.165) is 10.9 Å². The lowest BCUT2D eigenvalue weighted by Gasteiger charge is -2.07. The van der Waals surface area contributed by atoms with Gasteiger partial charge in [-0.2, -0.15) is 0 Å². The van der Waals surface area contributed by atoms with Crippen LogP contribution >= 0.6 is 0 Å². The molecule has 2 aromatic carbocycles. The molecule has 3 N–H and O–H groups in total. The van der Waals surface area contributed by atoms with E-state index >= 15 is 0 Å². The van der Waals surface area contributed by atoms with Crippen molar-refractivity contribution in [2.24, 2.45) is 0 Å². The van der Waals surface area contributed by atoms with Crippen LogP contribution < -0.4 is 10.6 Å². The number of rotatable bonds is 2. The number of hydrogen-bond donors (Lipinski definition) is 3. The van der Waals surface area contributed by atoms with Crippen molar-refractivity contribution in [3.63, 3.8) is 0 Å². The number of H-pyrrole nitrogens is 1. The third-order valence-electron chi connectivity index (χ3n) is 2.91. The van der Waals surface area contributed by atoms with Crippen molar-refractivity contribution in [3.8, 4) is 0 Å². The van der Waals surface area contributed by atoms with E-state index in [4.69, 9.17) is 0 Å². The second-order valence-electron chi connectivity index (χ2n) is 4.37. The number of aromatic nitrogens is 1. The Labute approximate surface area is 114 Å². The zero-order chi connectivity index (χ0) is 13.9. The third-order valence-corrected chi connectivity index (χ3v) is 2.91. The summed E-state index contributed by atoms with van der Waals surface area (Å²) >= 11 is 0. The second-order valence-corrected chi connectivity index (χ2v) is 4.37. The van der Waals surface area contributed by atoms with Gasteiger partial charge in [-0.25, -0.2) is 9.18 Å². The zero-order valence-electron chi connectivity index (χ0n) is 10.5. The van der Waals surface area contributed by atoms with E-state index in [1.165, 1.54) is 24.3 Å². The summed E-state index contributed by atoms with van der Waals surface area (Å²) in [5.74, 6) is -0.340. The first-order valence-electron chi connectivity index (χ1n) is 6.11. The summed E-state index contributed by atoms with van der Waals surface area (Å²) in [5.41, 5.74) is 2.16. The fourth-order valence-corrected chi connectivity index (χ4v) is 1.95. The van der Waals surface area contributed by atoms with E-state index < -0.39 is 0 Å². The minimum absolute atomic E-state index is 0.340. The Morgan fingerprint density at radius 2 is 1.65 bits per heavy atom. The molecule has 1 aromatic heterocycles. The highest BCUT2D eigenvalue weighted by Crippen LogP contribution is 2.18. The Hall–Kier alpha value is -2.82. The van der Waals surface area contributed by atoms with Crippen LogP contribution in [0.1, 0.15) is 0 Å². The molecule has 0 spiro atoms. The van der Waals surface area contributed by atoms with Crippen molar-refractivity contribution < 1.29 is 9.18 Å². The molecule has 0 bridgehead atoms. The quantitative estimate of drug-likeness (QED) is 0.648. The highest BCUT2D eigenvalue weighted by molar-refractivity contribution is 6.00. The fourth-order valence-electron chi connectivity index (χ4n) is 1.95. The molecule has 0 aliphatic heterocycles. The highest BCUT2D eigenvalue weighted by Gasteiger charge is 2.04. The molecule has 1 heterocycles. The first kappa shape index (κ1) is 12.2. The van der Waals surface area contributed by atoms with Crippen LogP contribution in [-0.2, 0) is 0 Å². The van der Waals surface area contributed by atoms with Crippen LogP contribution in [0.2, 0.25) is 0 Å². The predicted octanol–water partition coefficient (Wildman–Crippen LogP) is 3.95. The van der Waals surface area contributed by atoms with Crippen molar-refractivity contribution in [2.75, 3.05) is 10.6 Å². The van der Waals surface area contributed by atoms with Crippen LogP contribution in [0.15, 0.2) is 54.7 Å². The van der Waals surface area contributed by atoms with Gasteiger partial charge in [-0.05, 0) is 47.9 Å². The molecule has 0 saturated heterocycles. The number of carbonyl (C=O) groups excluding carboxylic acids is 1. The maximum absolute atomic E-state index is 12.8. The van der Waals surface area contributed by atoms with Crippen LogP contribution in [0.5, 0.6) is 0 Å². The van der Waals surface area contributed by atoms with Gasteiger partial charge in [0.25, 0.3) is 0 Å². The van der Waals surface area contributed by atoms with Gasteiger partial charge in [-0.3, -0.25) is 0 Å². The number of benzene rings is 2. The molecule has 2 amide bonds. The summed E-state index contributed by atoms with van der Waals surface area (Å²) < 4.78 is 12.8. The Kier molecular flexibility index (Phi) is 3.09. The summed E-state index contributed by atoms with van der Waals surface area (Å²) in [5, 5.41) is 6.43. The number of fused-ring (bicyclic) bond motifs is 1. The molecule has 0 aliphatic carbocycles. The van der Waals surface area contributed by atoms with Crippen molar-refractivity contribution >= 4 is 28.3 Å². The molecule has 0 atom stereocenters. The van der Waals surface area contributed by atoms with Crippen molar-refractivity contribution in [2.45, 2.75) is 0 Å². The van der Waals surface area contributed by atoms with Crippen molar-refractivity contribution in [1.29, 1.82) is 0 Å². The van der Waals surface area contributed by atoms with Crippen molar-refractivity contribution in [1.82, 2.24) is 4.98 Å². The maximum atomic E-state index is 12.8. The van der Waals surface area contributed by atoms with Gasteiger partial charge in [0.2, 0.25) is 0 Å². The number of carbonyl (C=O) groups is 1. The topological polar surface area (TPSA) is 56.9 Å². The SMILES string of the molecule is O=C(Nc1ccc(F)cc1)Nc1ccc2cc[nH]c2c1. The molecule has 0 aliphatic rings. The minimum atomic E-state index is -0.373. The van der Waals surface area contributed by atoms with Crippen LogP contribution in [0.3, 0.4) is 0 Å². The van der Waals surface area contributed by atoms with E-state index in [9.17, 15) is 9.18 Å². The largest absolute Gasteiger partial charge is 0.361 e. The Balaban J connectivity index is 1.70. The van der Waals surface area contributed by atoms with Crippen molar-refractivity contribution in [3.05, 3.63) is 60.5 Å². The fraction of sp³-hybridized carbons (Fsp3) is 0. The molecule has 20 heavy (non-hydrogen) atoms. The summed E-state index contributed by atoms with van der Waals surface area (Å²) in [6.45, 7) is 0. The molecular formula is C15H12FN3O. The first-order chi connectivity index (χ1) is 9.70. The molecule has 3 rings (SSSR count). The number of aromatic amines is 1. The smallest absolute Gasteiger partial charge is 0.323 e. The predicted molar refractivity (Wildman–Crippen MR) is 77.3 cm³/mol. The standard InChI is InChI=1S/C15H12FN3O/c16-11-2-5-12(6-3-11)18-15(20)19-13-4-1-10-7-8-17-14(10)9-13/h1-9,17H,(H2,18,19,20). The van der Waals surface area contributed by atoms with E-state index in [0.29, 0.717) is 11.4 Å². The molecule has 0 fully saturated rings. The van der Waals surface area contributed by atoms with Crippen LogP contribution in [0.25, 0.3) is 10.9 Å². The van der Waals surface area contributed by atoms with E-state index in [1.54, 1.807) is 0 Å². The Morgan fingerprint density at radius 1 is 0.950 bits per heavy atom. The lowest BCUT2D eigenvalue weighted by atomic mass is 10.2. The Morgan fingerprint density at radius 3 is 2.45 bits per heavy atom. The molecule has 3 aromatic rings. The van der Waals surface area contributed by atoms with Crippen LogP contribution in [-0.4, -0.2) is 11.0 Å². The minimum Gasteiger partial charge on any atom is -0.361 e. The van der Waals surface area contributed by atoms with E-state index in [2.05, 4.69) is 15.6 Å². The van der Waals surface area contributed by atoms with Gasteiger partial charge < -0.3 is 15.6 Å². The third kappa shape index (κ3) is 2.61. The maximum Gasteiger partial charge on any atom is 0.323 e. The van der Waals surface area contributed by atoms with Gasteiger partial charge >= 0.3 is 6.03 Å². The summed E-state index contributed by atoms with van der Waals surface area (Å²) in [6, 6.07) is 12.8. The normalized spacial score (nSPS) is 10.4.